The van der Waals surface area contributed by atoms with Crippen LogP contribution in [0, 0.1) is 5.41 Å². The molecule has 0 atom stereocenters. The molecule has 13 heavy (non-hydrogen) atoms. The lowest BCUT2D eigenvalue weighted by atomic mass is 10.1. The van der Waals surface area contributed by atoms with Crippen LogP contribution in [-0.4, -0.2) is 11.3 Å². The van der Waals surface area contributed by atoms with Gasteiger partial charge in [-0.2, -0.15) is 0 Å². The summed E-state index contributed by atoms with van der Waals surface area (Å²) in [5.41, 5.74) is 1.32. The first-order valence-corrected chi connectivity index (χ1v) is 5.20. The van der Waals surface area contributed by atoms with E-state index >= 15 is 0 Å². The van der Waals surface area contributed by atoms with Crippen molar-refractivity contribution in [2.75, 3.05) is 6.26 Å². The summed E-state index contributed by atoms with van der Waals surface area (Å²) in [7, 11) is 0. The van der Waals surface area contributed by atoms with Gasteiger partial charge < -0.3 is 0 Å². The third-order valence-electron chi connectivity index (χ3n) is 1.73. The van der Waals surface area contributed by atoms with Crippen LogP contribution < -0.4 is 0 Å². The monoisotopic (exact) mass is 215 g/mol. The molecular weight excluding hydrogens is 202 g/mol. The van der Waals surface area contributed by atoms with Gasteiger partial charge >= 0.3 is 0 Å². The van der Waals surface area contributed by atoms with Crippen molar-refractivity contribution >= 4 is 29.2 Å². The molecule has 0 aliphatic heterocycles. The highest BCUT2D eigenvalue weighted by atomic mass is 35.5. The number of rotatable bonds is 3. The molecule has 0 spiro atoms. The molecule has 0 bridgehead atoms. The van der Waals surface area contributed by atoms with Crippen molar-refractivity contribution in [3.8, 4) is 0 Å². The molecule has 0 amide bonds. The largest absolute Gasteiger partial charge is 0.298 e. The normalized spacial score (nSPS) is 9.00. The summed E-state index contributed by atoms with van der Waals surface area (Å²) >= 11 is 1.53. The van der Waals surface area contributed by atoms with E-state index in [4.69, 9.17) is 5.41 Å². The fourth-order valence-electron chi connectivity index (χ4n) is 1.00. The number of halogens is 1. The summed E-state index contributed by atoms with van der Waals surface area (Å²) in [4.78, 5) is 0. The van der Waals surface area contributed by atoms with Gasteiger partial charge in [0, 0.05) is 0 Å². The first-order chi connectivity index (χ1) is 5.83. The first-order valence-electron chi connectivity index (χ1n) is 3.98. The molecule has 0 aliphatic carbocycles. The third-order valence-corrected chi connectivity index (χ3v) is 2.43. The van der Waals surface area contributed by atoms with E-state index in [1.54, 1.807) is 0 Å². The van der Waals surface area contributed by atoms with Crippen molar-refractivity contribution in [2.24, 2.45) is 0 Å². The number of thioether (sulfide) groups is 1. The average molecular weight is 216 g/mol. The van der Waals surface area contributed by atoms with E-state index in [-0.39, 0.29) is 12.4 Å². The Morgan fingerprint density at radius 1 is 1.31 bits per heavy atom. The highest BCUT2D eigenvalue weighted by Gasteiger charge is 1.95. The van der Waals surface area contributed by atoms with Crippen LogP contribution in [0.4, 0.5) is 0 Å². The van der Waals surface area contributed by atoms with Gasteiger partial charge in [0.15, 0.2) is 0 Å². The van der Waals surface area contributed by atoms with Crippen molar-refractivity contribution in [3.05, 3.63) is 35.9 Å². The molecule has 1 aromatic rings. The van der Waals surface area contributed by atoms with Gasteiger partial charge in [-0.25, -0.2) is 0 Å². The van der Waals surface area contributed by atoms with Crippen molar-refractivity contribution in [2.45, 2.75) is 12.8 Å². The predicted octanol–water partition coefficient (Wildman–Crippen LogP) is 3.38. The molecule has 0 heterocycles. The lowest BCUT2D eigenvalue weighted by molar-refractivity contribution is 1.04. The zero-order chi connectivity index (χ0) is 8.81. The highest BCUT2D eigenvalue weighted by Crippen LogP contribution is 2.07. The molecule has 1 N–H and O–H groups in total. The molecule has 0 saturated carbocycles. The second kappa shape index (κ2) is 6.98. The number of benzene rings is 1. The molecule has 0 radical (unpaired) electrons. The first kappa shape index (κ1) is 12.5. The maximum Gasteiger partial charge on any atom is 0.0642 e. The van der Waals surface area contributed by atoms with E-state index in [1.807, 2.05) is 24.5 Å². The predicted molar refractivity (Wildman–Crippen MR) is 63.3 cm³/mol. The molecule has 1 rings (SSSR count). The molecule has 0 saturated heterocycles. The number of hydrogen-bond donors (Lipinski definition) is 1. The summed E-state index contributed by atoms with van der Waals surface area (Å²) in [5, 5.41) is 8.21. The van der Waals surface area contributed by atoms with Crippen molar-refractivity contribution in [1.82, 2.24) is 0 Å². The summed E-state index contributed by atoms with van der Waals surface area (Å²) in [6.07, 6.45) is 3.80. The Morgan fingerprint density at radius 3 is 2.46 bits per heavy atom. The average Bonchev–Trinajstić information content (AvgIpc) is 2.16. The smallest absolute Gasteiger partial charge is 0.0642 e. The van der Waals surface area contributed by atoms with Gasteiger partial charge in [0.2, 0.25) is 0 Å². The van der Waals surface area contributed by atoms with Crippen LogP contribution in [0.1, 0.15) is 12.0 Å². The minimum Gasteiger partial charge on any atom is -0.298 e. The summed E-state index contributed by atoms with van der Waals surface area (Å²) < 4.78 is 0. The maximum atomic E-state index is 7.45. The Kier molecular flexibility index (Phi) is 6.73. The molecule has 0 aromatic heterocycles. The molecule has 3 heteroatoms. The van der Waals surface area contributed by atoms with Crippen LogP contribution in [-0.2, 0) is 6.42 Å². The van der Waals surface area contributed by atoms with Gasteiger partial charge in [0.1, 0.15) is 0 Å². The van der Waals surface area contributed by atoms with Crippen LogP contribution >= 0.6 is 24.2 Å². The van der Waals surface area contributed by atoms with E-state index in [1.165, 1.54) is 17.3 Å². The molecule has 0 unspecified atom stereocenters. The van der Waals surface area contributed by atoms with Gasteiger partial charge in [-0.15, -0.1) is 24.2 Å². The zero-order valence-electron chi connectivity index (χ0n) is 7.62. The van der Waals surface area contributed by atoms with Gasteiger partial charge in [-0.3, -0.25) is 5.41 Å². The molecule has 0 aliphatic rings. The lowest BCUT2D eigenvalue weighted by Gasteiger charge is -1.99. The standard InChI is InChI=1S/C10H13NS.ClH/c1-12-10(11)8-7-9-5-3-2-4-6-9;/h2-6,11H,7-8H2,1H3;1H. The Bertz CT molecular complexity index is 248. The van der Waals surface area contributed by atoms with Crippen LogP contribution in [0.5, 0.6) is 0 Å². The molecular formula is C10H14ClNS. The van der Waals surface area contributed by atoms with Crippen LogP contribution in [0.25, 0.3) is 0 Å². The summed E-state index contributed by atoms with van der Waals surface area (Å²) in [5.74, 6) is 0. The third kappa shape index (κ3) is 4.96. The second-order valence-corrected chi connectivity index (χ2v) is 3.51. The van der Waals surface area contributed by atoms with Crippen molar-refractivity contribution in [3.63, 3.8) is 0 Å². The number of nitrogens with one attached hydrogen (secondary N) is 1. The number of hydrogen-bond acceptors (Lipinski definition) is 2. The van der Waals surface area contributed by atoms with E-state index < -0.39 is 0 Å². The van der Waals surface area contributed by atoms with Crippen LogP contribution in [0.3, 0.4) is 0 Å². The fraction of sp³-hybridized carbons (Fsp3) is 0.300. The topological polar surface area (TPSA) is 23.9 Å². The molecule has 72 valence electrons. The zero-order valence-corrected chi connectivity index (χ0v) is 9.25. The van der Waals surface area contributed by atoms with Crippen molar-refractivity contribution in [1.29, 1.82) is 5.41 Å². The summed E-state index contributed by atoms with van der Waals surface area (Å²) in [6, 6.07) is 10.3. The lowest BCUT2D eigenvalue weighted by Crippen LogP contribution is -1.92. The van der Waals surface area contributed by atoms with E-state index in [0.29, 0.717) is 0 Å². The van der Waals surface area contributed by atoms with E-state index in [9.17, 15) is 0 Å². The summed E-state index contributed by atoms with van der Waals surface area (Å²) in [6.45, 7) is 0. The van der Waals surface area contributed by atoms with Crippen LogP contribution in [0.2, 0.25) is 0 Å². The molecule has 0 fully saturated rings. The quantitative estimate of drug-likeness (QED) is 0.607. The SMILES string of the molecule is CSC(=N)CCc1ccccc1.Cl. The Labute approximate surface area is 89.9 Å². The van der Waals surface area contributed by atoms with E-state index in [2.05, 4.69) is 12.1 Å². The minimum atomic E-state index is 0. The van der Waals surface area contributed by atoms with Crippen molar-refractivity contribution < 1.29 is 0 Å². The van der Waals surface area contributed by atoms with Crippen LogP contribution in [0.15, 0.2) is 30.3 Å². The van der Waals surface area contributed by atoms with Gasteiger partial charge in [0.25, 0.3) is 0 Å². The number of aryl methyl sites for hydroxylation is 1. The molecule has 1 nitrogen and oxygen atoms in total. The van der Waals surface area contributed by atoms with Gasteiger partial charge in [-0.05, 0) is 24.7 Å². The Morgan fingerprint density at radius 2 is 1.92 bits per heavy atom. The minimum absolute atomic E-state index is 0. The molecule has 1 aromatic carbocycles. The highest BCUT2D eigenvalue weighted by molar-refractivity contribution is 8.13. The Balaban J connectivity index is 0.00000144. The van der Waals surface area contributed by atoms with E-state index in [0.717, 1.165) is 17.9 Å². The second-order valence-electron chi connectivity index (χ2n) is 2.61. The Hall–Kier alpha value is -0.470. The van der Waals surface area contributed by atoms with Gasteiger partial charge in [0.05, 0.1) is 5.04 Å². The maximum absolute atomic E-state index is 7.45. The van der Waals surface area contributed by atoms with Gasteiger partial charge in [-0.1, -0.05) is 30.3 Å². The fourth-order valence-corrected chi connectivity index (χ4v) is 1.31.